The number of fused-ring (bicyclic) bond motifs is 1. The highest BCUT2D eigenvalue weighted by atomic mass is 16.3. The molecule has 0 saturated heterocycles. The Balaban J connectivity index is 1.60. The molecule has 4 nitrogen and oxygen atoms in total. The molecule has 4 heteroatoms. The van der Waals surface area contributed by atoms with Crippen molar-refractivity contribution in [1.29, 1.82) is 0 Å². The van der Waals surface area contributed by atoms with E-state index in [4.69, 9.17) is 0 Å². The summed E-state index contributed by atoms with van der Waals surface area (Å²) in [5, 5.41) is 11.0. The molecule has 0 radical (unpaired) electrons. The second-order valence-electron chi connectivity index (χ2n) is 6.78. The number of benzene rings is 3. The molecule has 4 rings (SSSR count). The van der Waals surface area contributed by atoms with Crippen LogP contribution in [0.15, 0.2) is 78.9 Å². The lowest BCUT2D eigenvalue weighted by Gasteiger charge is -2.21. The van der Waals surface area contributed by atoms with E-state index >= 15 is 0 Å². The molecule has 0 aromatic heterocycles. The van der Waals surface area contributed by atoms with Crippen molar-refractivity contribution < 1.29 is 14.7 Å². The molecule has 1 atom stereocenters. The number of anilines is 1. The van der Waals surface area contributed by atoms with Gasteiger partial charge in [-0.25, -0.2) is 0 Å². The lowest BCUT2D eigenvalue weighted by atomic mass is 9.88. The predicted octanol–water partition coefficient (Wildman–Crippen LogP) is 3.79. The van der Waals surface area contributed by atoms with Gasteiger partial charge < -0.3 is 10.0 Å². The van der Waals surface area contributed by atoms with Gasteiger partial charge in [-0.15, -0.1) is 0 Å². The van der Waals surface area contributed by atoms with Crippen molar-refractivity contribution in [2.75, 3.05) is 11.9 Å². The summed E-state index contributed by atoms with van der Waals surface area (Å²) in [4.78, 5) is 26.8. The summed E-state index contributed by atoms with van der Waals surface area (Å²) in [6.45, 7) is 0. The Hall–Kier alpha value is -3.24. The van der Waals surface area contributed by atoms with Gasteiger partial charge in [-0.2, -0.15) is 0 Å². The zero-order valence-electron chi connectivity index (χ0n) is 14.9. The van der Waals surface area contributed by atoms with Crippen LogP contribution in [0.5, 0.6) is 0 Å². The maximum Gasteiger partial charge on any atom is 0.263 e. The molecule has 0 saturated carbocycles. The largest absolute Gasteiger partial charge is 0.375 e. The lowest BCUT2D eigenvalue weighted by molar-refractivity contribution is -0.135. The molecule has 0 aliphatic carbocycles. The average molecular weight is 357 g/mol. The Bertz CT molecular complexity index is 1010. The first kappa shape index (κ1) is 17.2. The molecule has 1 aliphatic heterocycles. The van der Waals surface area contributed by atoms with Gasteiger partial charge >= 0.3 is 0 Å². The van der Waals surface area contributed by atoms with Gasteiger partial charge in [0.05, 0.1) is 12.1 Å². The van der Waals surface area contributed by atoms with Crippen LogP contribution in [0.4, 0.5) is 5.69 Å². The number of likely N-dealkylation sites (N-methyl/N-ethyl adjacent to an activating group) is 1. The first-order valence-electron chi connectivity index (χ1n) is 8.79. The molecular weight excluding hydrogens is 338 g/mol. The van der Waals surface area contributed by atoms with Crippen molar-refractivity contribution in [2.24, 2.45) is 0 Å². The second kappa shape index (κ2) is 6.49. The smallest absolute Gasteiger partial charge is 0.263 e. The van der Waals surface area contributed by atoms with Crippen LogP contribution in [0.3, 0.4) is 0 Å². The zero-order valence-corrected chi connectivity index (χ0v) is 14.9. The van der Waals surface area contributed by atoms with Gasteiger partial charge in [0.2, 0.25) is 0 Å². The van der Waals surface area contributed by atoms with Gasteiger partial charge in [0.25, 0.3) is 5.91 Å². The molecule has 1 aliphatic rings. The predicted molar refractivity (Wildman–Crippen MR) is 105 cm³/mol. The van der Waals surface area contributed by atoms with Crippen LogP contribution in [0.25, 0.3) is 11.1 Å². The van der Waals surface area contributed by atoms with E-state index in [-0.39, 0.29) is 12.2 Å². The van der Waals surface area contributed by atoms with Crippen LogP contribution in [-0.2, 0) is 10.4 Å². The number of nitrogens with zero attached hydrogens (tertiary/aromatic N) is 1. The fourth-order valence-electron chi connectivity index (χ4n) is 3.60. The van der Waals surface area contributed by atoms with E-state index in [1.165, 1.54) is 4.90 Å². The quantitative estimate of drug-likeness (QED) is 0.723. The molecule has 0 bridgehead atoms. The Morgan fingerprint density at radius 1 is 0.889 bits per heavy atom. The first-order chi connectivity index (χ1) is 13.0. The lowest BCUT2D eigenvalue weighted by Crippen LogP contribution is -2.40. The van der Waals surface area contributed by atoms with Gasteiger partial charge in [-0.3, -0.25) is 9.59 Å². The average Bonchev–Trinajstić information content (AvgIpc) is 2.90. The molecule has 1 amide bonds. The number of amides is 1. The van der Waals surface area contributed by atoms with Crippen molar-refractivity contribution in [1.82, 2.24) is 0 Å². The van der Waals surface area contributed by atoms with Crippen molar-refractivity contribution in [3.8, 4) is 11.1 Å². The van der Waals surface area contributed by atoms with Gasteiger partial charge in [0.1, 0.15) is 0 Å². The van der Waals surface area contributed by atoms with E-state index in [0.29, 0.717) is 16.8 Å². The van der Waals surface area contributed by atoms with Crippen LogP contribution in [0.1, 0.15) is 22.3 Å². The monoisotopic (exact) mass is 357 g/mol. The second-order valence-corrected chi connectivity index (χ2v) is 6.78. The van der Waals surface area contributed by atoms with Gasteiger partial charge in [0.15, 0.2) is 11.4 Å². The van der Waals surface area contributed by atoms with Crippen molar-refractivity contribution in [2.45, 2.75) is 12.0 Å². The van der Waals surface area contributed by atoms with Gasteiger partial charge in [0, 0.05) is 18.2 Å². The molecule has 1 N–H and O–H groups in total. The summed E-state index contributed by atoms with van der Waals surface area (Å²) in [6, 6.07) is 24.1. The third-order valence-electron chi connectivity index (χ3n) is 5.10. The SMILES string of the molecule is CN1C(=O)[C@](O)(CC(=O)c2ccc(-c3ccccc3)cc2)c2ccccc21. The van der Waals surface area contributed by atoms with Crippen LogP contribution >= 0.6 is 0 Å². The van der Waals surface area contributed by atoms with Crippen molar-refractivity contribution in [3.63, 3.8) is 0 Å². The summed E-state index contributed by atoms with van der Waals surface area (Å²) < 4.78 is 0. The maximum atomic E-state index is 12.8. The third kappa shape index (κ3) is 2.84. The Labute approximate surface area is 157 Å². The van der Waals surface area contributed by atoms with Gasteiger partial charge in [-0.1, -0.05) is 72.8 Å². The number of carbonyl (C=O) groups is 2. The van der Waals surface area contributed by atoms with Gasteiger partial charge in [-0.05, 0) is 17.2 Å². The molecule has 27 heavy (non-hydrogen) atoms. The topological polar surface area (TPSA) is 57.6 Å². The van der Waals surface area contributed by atoms with E-state index in [2.05, 4.69) is 0 Å². The maximum absolute atomic E-state index is 12.8. The van der Waals surface area contributed by atoms with E-state index in [1.54, 1.807) is 43.4 Å². The number of Topliss-reactive ketones (excluding diaryl/α,β-unsaturated/α-hetero) is 1. The Kier molecular flexibility index (Phi) is 4.13. The number of para-hydroxylation sites is 1. The molecule has 0 unspecified atom stereocenters. The molecule has 134 valence electrons. The molecule has 1 heterocycles. The number of hydrogen-bond donors (Lipinski definition) is 1. The minimum atomic E-state index is -1.82. The van der Waals surface area contributed by atoms with E-state index in [9.17, 15) is 14.7 Å². The highest BCUT2D eigenvalue weighted by molar-refractivity contribution is 6.10. The normalized spacial score (nSPS) is 18.4. The fraction of sp³-hybridized carbons (Fsp3) is 0.130. The molecule has 0 spiro atoms. The van der Waals surface area contributed by atoms with Crippen LogP contribution in [0.2, 0.25) is 0 Å². The third-order valence-corrected chi connectivity index (χ3v) is 5.10. The molecule has 0 fully saturated rings. The molecule has 3 aromatic carbocycles. The Morgan fingerprint density at radius 2 is 1.48 bits per heavy atom. The number of aliphatic hydroxyl groups is 1. The molecular formula is C23H19NO3. The fourth-order valence-corrected chi connectivity index (χ4v) is 3.60. The number of ketones is 1. The van der Waals surface area contributed by atoms with Crippen LogP contribution in [-0.4, -0.2) is 23.8 Å². The summed E-state index contributed by atoms with van der Waals surface area (Å²) >= 11 is 0. The van der Waals surface area contributed by atoms with E-state index in [1.807, 2.05) is 42.5 Å². The minimum Gasteiger partial charge on any atom is -0.375 e. The van der Waals surface area contributed by atoms with Crippen LogP contribution in [0, 0.1) is 0 Å². The Morgan fingerprint density at radius 3 is 2.19 bits per heavy atom. The summed E-state index contributed by atoms with van der Waals surface area (Å²) in [5.41, 5.74) is 1.84. The summed E-state index contributed by atoms with van der Waals surface area (Å²) in [5.74, 6) is -0.742. The standard InChI is InChI=1S/C23H19NO3/c1-24-20-10-6-5-9-19(20)23(27,22(24)26)15-21(25)18-13-11-17(12-14-18)16-7-3-2-4-8-16/h2-14,27H,15H2,1H3/t23-/m0/s1. The number of rotatable bonds is 4. The molecule has 3 aromatic rings. The minimum absolute atomic E-state index is 0.268. The zero-order chi connectivity index (χ0) is 19.0. The highest BCUT2D eigenvalue weighted by Gasteiger charge is 2.49. The summed E-state index contributed by atoms with van der Waals surface area (Å²) in [6.07, 6.45) is -0.280. The van der Waals surface area contributed by atoms with E-state index in [0.717, 1.165) is 11.1 Å². The van der Waals surface area contributed by atoms with Crippen molar-refractivity contribution >= 4 is 17.4 Å². The van der Waals surface area contributed by atoms with E-state index < -0.39 is 11.5 Å². The van der Waals surface area contributed by atoms with Crippen LogP contribution < -0.4 is 4.90 Å². The highest BCUT2D eigenvalue weighted by Crippen LogP contribution is 2.42. The number of carbonyl (C=O) groups excluding carboxylic acids is 2. The van der Waals surface area contributed by atoms with Crippen molar-refractivity contribution in [3.05, 3.63) is 90.0 Å². The number of hydrogen-bond acceptors (Lipinski definition) is 3. The summed E-state index contributed by atoms with van der Waals surface area (Å²) in [7, 11) is 1.61. The first-order valence-corrected chi connectivity index (χ1v) is 8.79.